The zero-order valence-electron chi connectivity index (χ0n) is 9.44. The van der Waals surface area contributed by atoms with Crippen molar-refractivity contribution in [2.75, 3.05) is 21.3 Å². The Labute approximate surface area is 95.0 Å². The molecule has 5 nitrogen and oxygen atoms in total. The average molecular weight is 322 g/mol. The second-order valence-electron chi connectivity index (χ2n) is 3.16. The van der Waals surface area contributed by atoms with Crippen LogP contribution in [0.15, 0.2) is 16.7 Å². The van der Waals surface area contributed by atoms with Crippen LogP contribution in [-0.2, 0) is 9.22 Å². The van der Waals surface area contributed by atoms with Gasteiger partial charge in [-0.2, -0.15) is 0 Å². The topological polar surface area (TPSA) is 66.8 Å². The van der Waals surface area contributed by atoms with Gasteiger partial charge in [0, 0.05) is 0 Å². The van der Waals surface area contributed by atoms with E-state index in [1.165, 1.54) is 0 Å². The summed E-state index contributed by atoms with van der Waals surface area (Å²) in [6.07, 6.45) is 1.58. The number of hydrogen-bond acceptors (Lipinski definition) is 5. The van der Waals surface area contributed by atoms with Crippen molar-refractivity contribution in [1.29, 1.82) is 0 Å². The van der Waals surface area contributed by atoms with Crippen LogP contribution in [0.1, 0.15) is 18.7 Å². The Bertz CT molecular complexity index is 301. The van der Waals surface area contributed by atoms with Gasteiger partial charge in [0.1, 0.15) is 0 Å². The van der Waals surface area contributed by atoms with E-state index in [1.54, 1.807) is 27.6 Å². The molecule has 0 saturated carbocycles. The minimum atomic E-state index is -3.63. The molecular weight excluding hydrogens is 305 g/mol. The first-order valence-electron chi connectivity index (χ1n) is 4.60. The average Bonchev–Trinajstić information content (AvgIpc) is 2.71. The fourth-order valence-corrected chi connectivity index (χ4v) is 7.27. The van der Waals surface area contributed by atoms with Gasteiger partial charge >= 0.3 is 95.0 Å². The Morgan fingerprint density at radius 3 is 2.20 bits per heavy atom. The van der Waals surface area contributed by atoms with E-state index in [0.717, 1.165) is 3.58 Å². The van der Waals surface area contributed by atoms with E-state index in [0.29, 0.717) is 5.76 Å². The molecule has 0 amide bonds. The molecule has 1 atom stereocenters. The summed E-state index contributed by atoms with van der Waals surface area (Å²) in [7, 11) is 4.75. The first-order valence-corrected chi connectivity index (χ1v) is 9.52. The van der Waals surface area contributed by atoms with Crippen LogP contribution in [0.4, 0.5) is 0 Å². The van der Waals surface area contributed by atoms with Crippen LogP contribution in [-0.4, -0.2) is 40.9 Å². The molecule has 6 heteroatoms. The van der Waals surface area contributed by atoms with E-state index in [1.807, 2.05) is 13.0 Å². The molecule has 0 spiro atoms. The van der Waals surface area contributed by atoms with E-state index in [4.69, 9.17) is 19.4 Å². The van der Waals surface area contributed by atoms with Crippen LogP contribution in [0.2, 0.25) is 0 Å². The maximum atomic E-state index is 5.79. The number of rotatable bonds is 5. The SMILES string of the molecule is C[O][Sn]([O]C)([O]C)[c]1ccoc1C(C)N. The van der Waals surface area contributed by atoms with E-state index in [2.05, 4.69) is 0 Å². The van der Waals surface area contributed by atoms with Crippen molar-refractivity contribution in [3.63, 3.8) is 0 Å². The number of nitrogens with two attached hydrogens (primary N) is 1. The van der Waals surface area contributed by atoms with Crippen molar-refractivity contribution < 1.29 is 13.6 Å². The molecule has 0 fully saturated rings. The fraction of sp³-hybridized carbons (Fsp3) is 0.556. The van der Waals surface area contributed by atoms with Crippen LogP contribution in [0, 0.1) is 0 Å². The van der Waals surface area contributed by atoms with Gasteiger partial charge in [0.05, 0.1) is 0 Å². The summed E-state index contributed by atoms with van der Waals surface area (Å²) in [6.45, 7) is 1.85. The second kappa shape index (κ2) is 5.31. The molecule has 1 unspecified atom stereocenters. The summed E-state index contributed by atoms with van der Waals surface area (Å²) in [4.78, 5) is 0. The monoisotopic (exact) mass is 323 g/mol. The second-order valence-corrected chi connectivity index (χ2v) is 11.4. The molecule has 1 heterocycles. The summed E-state index contributed by atoms with van der Waals surface area (Å²) < 4.78 is 22.4. The third kappa shape index (κ3) is 2.36. The Morgan fingerprint density at radius 2 is 1.80 bits per heavy atom. The zero-order chi connectivity index (χ0) is 11.5. The van der Waals surface area contributed by atoms with Gasteiger partial charge in [-0.1, -0.05) is 0 Å². The summed E-state index contributed by atoms with van der Waals surface area (Å²) >= 11 is -3.63. The molecule has 0 aliphatic heterocycles. The summed E-state index contributed by atoms with van der Waals surface area (Å²) in [5.41, 5.74) is 5.79. The standard InChI is InChI=1S/C6H8NO.3CH3O.Sn/c1-5(7)6-3-2-4-8-6;3*1-2;/h2,4-5H,7H2,1H3;3*1H3;/q;3*-1;+3. The van der Waals surface area contributed by atoms with Crippen LogP contribution in [0.3, 0.4) is 0 Å². The quantitative estimate of drug-likeness (QED) is 0.794. The van der Waals surface area contributed by atoms with E-state index in [-0.39, 0.29) is 6.04 Å². The first-order chi connectivity index (χ1) is 7.11. The Morgan fingerprint density at radius 1 is 1.27 bits per heavy atom. The minimum absolute atomic E-state index is 0.202. The third-order valence-corrected chi connectivity index (χ3v) is 9.91. The molecule has 1 aromatic rings. The molecule has 0 aliphatic carbocycles. The van der Waals surface area contributed by atoms with Crippen LogP contribution >= 0.6 is 0 Å². The molecule has 0 aliphatic rings. The third-order valence-electron chi connectivity index (χ3n) is 2.24. The zero-order valence-corrected chi connectivity index (χ0v) is 12.3. The molecule has 0 aromatic carbocycles. The fourth-order valence-electron chi connectivity index (χ4n) is 1.51. The predicted octanol–water partition coefficient (Wildman–Crippen LogP) is 0.384. The van der Waals surface area contributed by atoms with Crippen LogP contribution in [0.5, 0.6) is 0 Å². The molecular formula is C9H17NO4Sn. The van der Waals surface area contributed by atoms with Crippen molar-refractivity contribution in [2.45, 2.75) is 13.0 Å². The van der Waals surface area contributed by atoms with Crippen LogP contribution in [0.25, 0.3) is 0 Å². The Balaban J connectivity index is 3.16. The normalized spacial score (nSPS) is 14.2. The molecule has 86 valence electrons. The van der Waals surface area contributed by atoms with Gasteiger partial charge < -0.3 is 0 Å². The molecule has 2 N–H and O–H groups in total. The molecule has 0 saturated heterocycles. The molecule has 0 radical (unpaired) electrons. The van der Waals surface area contributed by atoms with Crippen molar-refractivity contribution in [2.24, 2.45) is 5.73 Å². The van der Waals surface area contributed by atoms with Crippen molar-refractivity contribution in [3.8, 4) is 0 Å². The van der Waals surface area contributed by atoms with E-state index >= 15 is 0 Å². The van der Waals surface area contributed by atoms with Gasteiger partial charge in [0.2, 0.25) is 0 Å². The van der Waals surface area contributed by atoms with E-state index in [9.17, 15) is 0 Å². The summed E-state index contributed by atoms with van der Waals surface area (Å²) in [6, 6.07) is 1.61. The van der Waals surface area contributed by atoms with Gasteiger partial charge in [-0.15, -0.1) is 0 Å². The van der Waals surface area contributed by atoms with Crippen molar-refractivity contribution >= 4 is 23.2 Å². The first kappa shape index (κ1) is 13.0. The van der Waals surface area contributed by atoms with Crippen LogP contribution < -0.4 is 9.31 Å². The Hall–Kier alpha value is -0.0813. The molecule has 1 rings (SSSR count). The van der Waals surface area contributed by atoms with Crippen molar-refractivity contribution in [3.05, 3.63) is 18.1 Å². The summed E-state index contributed by atoms with van der Waals surface area (Å²) in [5, 5.41) is 0. The summed E-state index contributed by atoms with van der Waals surface area (Å²) in [5.74, 6) is 0.677. The Kier molecular flexibility index (Phi) is 4.60. The van der Waals surface area contributed by atoms with Gasteiger partial charge in [0.25, 0.3) is 0 Å². The van der Waals surface area contributed by atoms with Gasteiger partial charge in [-0.05, 0) is 0 Å². The van der Waals surface area contributed by atoms with Gasteiger partial charge in [-0.25, -0.2) is 0 Å². The van der Waals surface area contributed by atoms with Crippen molar-refractivity contribution in [1.82, 2.24) is 0 Å². The van der Waals surface area contributed by atoms with Gasteiger partial charge in [-0.3, -0.25) is 0 Å². The predicted molar refractivity (Wildman–Crippen MR) is 57.7 cm³/mol. The van der Waals surface area contributed by atoms with E-state index < -0.39 is 19.6 Å². The number of furan rings is 1. The molecule has 15 heavy (non-hydrogen) atoms. The number of hydrogen-bond donors (Lipinski definition) is 1. The maximum absolute atomic E-state index is 5.79. The molecule has 0 bridgehead atoms. The van der Waals surface area contributed by atoms with Gasteiger partial charge in [0.15, 0.2) is 0 Å². The molecule has 1 aromatic heterocycles.